The Kier molecular flexibility index (Phi) is 30.7. The number of nitrogens with zero attached hydrogens (tertiary/aromatic N) is 3. The van der Waals surface area contributed by atoms with Gasteiger partial charge >= 0.3 is 25.2 Å². The third kappa shape index (κ3) is 23.9. The number of Topliss-reactive ketones (excluding diaryl/α,β-unsaturated/α-hetero) is 1. The lowest BCUT2D eigenvalue weighted by atomic mass is 9.77. The lowest BCUT2D eigenvalue weighted by Gasteiger charge is -2.34. The largest absolute Gasteiger partial charge is 0.438 e. The summed E-state index contributed by atoms with van der Waals surface area (Å²) in [6, 6.07) is 23.0. The number of aryl methyl sites for hydroxylation is 2. The third-order valence-corrected chi connectivity index (χ3v) is 22.3. The van der Waals surface area contributed by atoms with Gasteiger partial charge in [-0.3, -0.25) is 61.7 Å². The van der Waals surface area contributed by atoms with Crippen molar-refractivity contribution < 1.29 is 99.1 Å². The molecule has 1 aromatic heterocycles. The molecule has 3 aliphatic rings. The number of esters is 2. The van der Waals surface area contributed by atoms with E-state index in [0.29, 0.717) is 42.9 Å². The number of thiazole rings is 1. The van der Waals surface area contributed by atoms with Crippen molar-refractivity contribution in [3.8, 4) is 10.4 Å². The number of β-amino-alcohol motifs (C(OH)–C–C–N with tert-alkyl or cyclic N) is 1. The lowest BCUT2D eigenvalue weighted by molar-refractivity contribution is -0.163. The molecule has 0 spiro atoms. The van der Waals surface area contributed by atoms with E-state index in [4.69, 9.17) is 43.2 Å². The number of rotatable bonds is 39. The molecule has 4 aromatic carbocycles. The number of halogens is 2. The number of aliphatic hydroxyl groups excluding tert-OH is 1. The number of carbonyl (C=O) groups is 9. The van der Waals surface area contributed by atoms with Crippen LogP contribution in [-0.2, 0) is 123 Å². The molecule has 7 atom stereocenters. The van der Waals surface area contributed by atoms with Crippen molar-refractivity contribution in [2.45, 2.75) is 190 Å². The molecule has 3 aliphatic heterocycles. The number of para-hydroxylation sites is 1. The summed E-state index contributed by atoms with van der Waals surface area (Å²) in [5.41, 5.74) is 7.04. The lowest BCUT2D eigenvalue weighted by Crippen LogP contribution is -2.54. The highest BCUT2D eigenvalue weighted by Gasteiger charge is 2.56. The molecule has 0 bridgehead atoms. The Morgan fingerprint density at radius 3 is 1.97 bits per heavy atom. The monoisotopic (exact) mass is 1570 g/mol. The van der Waals surface area contributed by atoms with E-state index >= 15 is 8.78 Å². The van der Waals surface area contributed by atoms with Crippen molar-refractivity contribution in [3.05, 3.63) is 147 Å². The minimum atomic E-state index is -5.61. The van der Waals surface area contributed by atoms with E-state index in [-0.39, 0.29) is 109 Å². The van der Waals surface area contributed by atoms with Crippen LogP contribution in [0.2, 0.25) is 0 Å². The van der Waals surface area contributed by atoms with Crippen LogP contribution in [-0.4, -0.2) is 158 Å². The Labute approximate surface area is 645 Å². The summed E-state index contributed by atoms with van der Waals surface area (Å²) in [6.45, 7) is 19.2. The zero-order valence-corrected chi connectivity index (χ0v) is 66.5. The topological polar surface area (TPSA) is 334 Å². The van der Waals surface area contributed by atoms with Gasteiger partial charge in [-0.1, -0.05) is 112 Å². The Morgan fingerprint density at radius 2 is 1.37 bits per heavy atom. The van der Waals surface area contributed by atoms with Crippen LogP contribution in [0.25, 0.3) is 16.0 Å². The number of hydrogen-bond acceptors (Lipinski definition) is 21. The van der Waals surface area contributed by atoms with Gasteiger partial charge in [0, 0.05) is 62.6 Å². The number of primary amides is 1. The van der Waals surface area contributed by atoms with Crippen LogP contribution in [0.3, 0.4) is 0 Å². The molecule has 29 heteroatoms. The van der Waals surface area contributed by atoms with E-state index in [2.05, 4.69) is 15.6 Å². The van der Waals surface area contributed by atoms with E-state index in [1.54, 1.807) is 30.7 Å². The van der Waals surface area contributed by atoms with E-state index < -0.39 is 126 Å². The first-order valence-corrected chi connectivity index (χ1v) is 39.4. The first-order chi connectivity index (χ1) is 51.8. The second-order valence-electron chi connectivity index (χ2n) is 31.3. The van der Waals surface area contributed by atoms with E-state index in [9.17, 15) is 52.8 Å². The van der Waals surface area contributed by atoms with Crippen molar-refractivity contribution in [1.82, 2.24) is 20.5 Å². The highest BCUT2D eigenvalue weighted by Crippen LogP contribution is 2.67. The van der Waals surface area contributed by atoms with Crippen LogP contribution in [0.15, 0.2) is 103 Å². The van der Waals surface area contributed by atoms with Crippen LogP contribution in [0, 0.1) is 35.0 Å². The van der Waals surface area contributed by atoms with Crippen LogP contribution in [0.4, 0.5) is 14.5 Å². The van der Waals surface area contributed by atoms with Crippen LogP contribution in [0.5, 0.6) is 0 Å². The Hall–Kier alpha value is -8.31. The molecule has 5 N–H and O–H groups in total. The second-order valence-corrected chi connectivity index (χ2v) is 34.2. The molecule has 0 aliphatic carbocycles. The van der Waals surface area contributed by atoms with E-state index in [1.165, 1.54) is 69.6 Å². The Morgan fingerprint density at radius 1 is 0.773 bits per heavy atom. The quantitative estimate of drug-likeness (QED) is 0.00933. The summed E-state index contributed by atoms with van der Waals surface area (Å²) < 4.78 is 89.9. The maximum atomic E-state index is 16.3. The van der Waals surface area contributed by atoms with Crippen molar-refractivity contribution in [1.29, 1.82) is 0 Å². The fourth-order valence-corrected chi connectivity index (χ4v) is 15.0. The number of ether oxygens (including phenoxy) is 6. The highest BCUT2D eigenvalue weighted by molar-refractivity contribution is 7.54. The van der Waals surface area contributed by atoms with Crippen LogP contribution in [0.1, 0.15) is 159 Å². The van der Waals surface area contributed by atoms with Gasteiger partial charge in [0.15, 0.2) is 11.6 Å². The molecule has 110 heavy (non-hydrogen) atoms. The molecular weight excluding hydrogens is 1460 g/mol. The van der Waals surface area contributed by atoms with Crippen molar-refractivity contribution in [2.24, 2.45) is 33.8 Å². The van der Waals surface area contributed by atoms with Gasteiger partial charge in [-0.05, 0) is 144 Å². The first kappa shape index (κ1) is 87.3. The van der Waals surface area contributed by atoms with Crippen molar-refractivity contribution in [3.63, 3.8) is 0 Å². The zero-order chi connectivity index (χ0) is 80.5. The number of hydrogen-bond donors (Lipinski definition) is 4. The summed E-state index contributed by atoms with van der Waals surface area (Å²) in [4.78, 5) is 129. The average Bonchev–Trinajstić information content (AvgIpc) is 1.45. The minimum Gasteiger partial charge on any atom is -0.438 e. The number of aliphatic hydroxyl groups is 1. The maximum absolute atomic E-state index is 16.3. The van der Waals surface area contributed by atoms with Gasteiger partial charge in [-0.2, -0.15) is 8.78 Å². The molecule has 25 nitrogen and oxygen atoms in total. The zero-order valence-electron chi connectivity index (χ0n) is 64.8. The standard InChI is InChI=1S/C81H105F2N6O19PS/c1-50(56-26-28-61(29-27-56)81(82,83)109(100,107-48-105-76(98)79(7,8)9)108-49-106-77(99)80(10,11)12)38-62(90)39-60-25-24-57-14-13-15-59-40-68(89(70(57)59)74(60)96)73(95)87-66(30-31-69(84)93)52(3)104-45-55-18-16-53(17-19-55)32-33-101-34-35-102-36-37-103-46-64(92)41-65(78(4,5)6)75(97)88-44-63(91)42-67(88)72(94)85-43-54-20-22-58(23-21-54)71-51(2)86-47-110-71/h13-23,26-29,38,47,52,60,63,65-68,91H,24-25,30-37,39-46,48-49H2,1-12H3,(H2,84,93)(H,85,94)(H,87,95)/b50-38+/t52-,60-,63-,65-,66+,67+,68+/m1/s1. The van der Waals surface area contributed by atoms with Crippen molar-refractivity contribution in [2.75, 3.05) is 64.7 Å². The first-order valence-electron chi connectivity index (χ1n) is 37.0. The second kappa shape index (κ2) is 38.8. The Balaban J connectivity index is 0.760. The van der Waals surface area contributed by atoms with Crippen LogP contribution >= 0.6 is 18.9 Å². The van der Waals surface area contributed by atoms with Gasteiger partial charge in [0.2, 0.25) is 43.1 Å². The molecule has 5 amide bonds. The average molecular weight is 1570 g/mol. The summed E-state index contributed by atoms with van der Waals surface area (Å²) in [5.74, 6) is -6.28. The molecule has 598 valence electrons. The number of allylic oxidation sites excluding steroid dienone is 2. The molecular formula is C81H105F2N6O19PS. The predicted molar refractivity (Wildman–Crippen MR) is 407 cm³/mol. The summed E-state index contributed by atoms with van der Waals surface area (Å²) in [7, 11) is -5.61. The number of nitrogens with one attached hydrogen (secondary N) is 2. The molecule has 8 rings (SSSR count). The summed E-state index contributed by atoms with van der Waals surface area (Å²) >= 11 is 1.56. The molecule has 0 saturated carbocycles. The Bertz CT molecular complexity index is 4100. The molecule has 4 heterocycles. The molecule has 0 unspecified atom stereocenters. The number of alkyl halides is 2. The SMILES string of the molecule is C/C(=C\C(=O)C[C@H]1CCc2cccc3c2N(C1=O)[C@H](C(=O)N[C@@H](CCC(N)=O)[C@@H](C)OCc1ccc(CCOCCOCCOCC(=O)C[C@H](C(=O)N2C[C@H](O)C[C@H]2C(=O)NCc2ccc(-c4scnc4C)cc2)C(C)(C)C)cc1)C3)c1ccc(C(F)(F)P(=O)(OCOC(=O)C(C)(C)C)OCOC(=O)C(C)(C)C)cc1. The number of benzene rings is 4. The fraction of sp³-hybridized carbons (Fsp3) is 0.531. The third-order valence-electron chi connectivity index (χ3n) is 19.5. The van der Waals surface area contributed by atoms with Gasteiger partial charge in [0.1, 0.15) is 18.7 Å². The van der Waals surface area contributed by atoms with Gasteiger partial charge in [-0.15, -0.1) is 11.3 Å². The maximum Gasteiger partial charge on any atom is 0.410 e. The highest BCUT2D eigenvalue weighted by atomic mass is 32.1. The summed E-state index contributed by atoms with van der Waals surface area (Å²) in [5, 5.41) is 16.7. The predicted octanol–water partition coefficient (Wildman–Crippen LogP) is 11.2. The number of anilines is 1. The number of aromatic nitrogens is 1. The molecule has 1 fully saturated rings. The number of likely N-dealkylation sites (tertiary alicyclic amines) is 1. The van der Waals surface area contributed by atoms with Gasteiger partial charge in [0.25, 0.3) is 0 Å². The van der Waals surface area contributed by atoms with Crippen molar-refractivity contribution >= 4 is 83.2 Å². The number of ketones is 2. The number of amides is 5. The smallest absolute Gasteiger partial charge is 0.410 e. The van der Waals surface area contributed by atoms with E-state index in [0.717, 1.165) is 56.1 Å². The van der Waals surface area contributed by atoms with Gasteiger partial charge in [-0.25, -0.2) is 4.98 Å². The van der Waals surface area contributed by atoms with E-state index in [1.807, 2.05) is 94.4 Å². The fourth-order valence-electron chi connectivity index (χ4n) is 12.9. The molecule has 1 saturated heterocycles. The number of nitrogens with two attached hydrogens (primary N) is 1. The summed E-state index contributed by atoms with van der Waals surface area (Å²) in [6.07, 6.45) is 1.08. The normalized spacial score (nSPS) is 17.7. The molecule has 0 radical (unpaired) electrons. The molecule has 5 aromatic rings. The van der Waals surface area contributed by atoms with Crippen LogP contribution < -0.4 is 21.3 Å². The van der Waals surface area contributed by atoms with Gasteiger partial charge < -0.3 is 54.8 Å². The minimum absolute atomic E-state index is 0.0162. The number of carbonyl (C=O) groups excluding carboxylic acids is 9. The van der Waals surface area contributed by atoms with Gasteiger partial charge in [0.05, 0.1) is 90.5 Å².